The number of ether oxygens (including phenoxy) is 3. The van der Waals surface area contributed by atoms with Gasteiger partial charge in [0, 0.05) is 17.2 Å². The van der Waals surface area contributed by atoms with Gasteiger partial charge in [-0.05, 0) is 24.3 Å². The number of methoxy groups -OCH3 is 1. The van der Waals surface area contributed by atoms with Gasteiger partial charge in [-0.1, -0.05) is 23.2 Å². The van der Waals surface area contributed by atoms with Crippen LogP contribution in [0.15, 0.2) is 36.4 Å². The van der Waals surface area contributed by atoms with Crippen LogP contribution in [0.4, 0.5) is 5.69 Å². The van der Waals surface area contributed by atoms with Gasteiger partial charge in [-0.3, -0.25) is 10.1 Å². The van der Waals surface area contributed by atoms with E-state index < -0.39 is 29.2 Å². The monoisotopic (exact) mass is 399 g/mol. The summed E-state index contributed by atoms with van der Waals surface area (Å²) in [5, 5.41) is 11.7. The van der Waals surface area contributed by atoms with Crippen LogP contribution in [0.5, 0.6) is 11.5 Å². The van der Waals surface area contributed by atoms with Gasteiger partial charge in [-0.2, -0.15) is 0 Å². The molecule has 26 heavy (non-hydrogen) atoms. The minimum atomic E-state index is -1.07. The van der Waals surface area contributed by atoms with Gasteiger partial charge in [0.25, 0.3) is 5.69 Å². The van der Waals surface area contributed by atoms with Crippen LogP contribution in [0.1, 0.15) is 10.4 Å². The van der Waals surface area contributed by atoms with E-state index in [1.165, 1.54) is 18.2 Å². The van der Waals surface area contributed by atoms with Gasteiger partial charge in [0.15, 0.2) is 6.61 Å². The molecule has 0 atom stereocenters. The molecular formula is C16H11Cl2NO7. The van der Waals surface area contributed by atoms with E-state index in [-0.39, 0.29) is 22.1 Å². The van der Waals surface area contributed by atoms with Crippen molar-refractivity contribution in [2.75, 3.05) is 13.7 Å². The summed E-state index contributed by atoms with van der Waals surface area (Å²) in [4.78, 5) is 33.5. The summed E-state index contributed by atoms with van der Waals surface area (Å²) >= 11 is 11.8. The number of halogens is 2. The largest absolute Gasteiger partial charge is 0.466 e. The fraction of sp³-hybridized carbons (Fsp3) is 0.125. The Labute approximate surface area is 157 Å². The molecule has 0 bridgehead atoms. The second kappa shape index (κ2) is 8.50. The zero-order valence-corrected chi connectivity index (χ0v) is 14.7. The Hall–Kier alpha value is -2.84. The summed E-state index contributed by atoms with van der Waals surface area (Å²) in [7, 11) is 1.11. The standard InChI is InChI=1S/C16H11Cl2NO7/c1-24-15(20)8-25-16(21)11-7-10(3-4-13(11)19(22)23)26-14-5-2-9(17)6-12(14)18/h2-7H,8H2,1H3. The molecule has 0 aliphatic carbocycles. The first kappa shape index (κ1) is 19.5. The van der Waals surface area contributed by atoms with E-state index in [1.54, 1.807) is 6.07 Å². The second-order valence-corrected chi connectivity index (χ2v) is 5.61. The van der Waals surface area contributed by atoms with Crippen molar-refractivity contribution >= 4 is 40.8 Å². The number of esters is 2. The van der Waals surface area contributed by atoms with Crippen LogP contribution in [0, 0.1) is 10.1 Å². The fourth-order valence-electron chi connectivity index (χ4n) is 1.85. The zero-order chi connectivity index (χ0) is 19.3. The highest BCUT2D eigenvalue weighted by atomic mass is 35.5. The lowest BCUT2D eigenvalue weighted by molar-refractivity contribution is -0.385. The van der Waals surface area contributed by atoms with Crippen molar-refractivity contribution < 1.29 is 28.7 Å². The molecule has 136 valence electrons. The summed E-state index contributed by atoms with van der Waals surface area (Å²) in [6, 6.07) is 7.98. The van der Waals surface area contributed by atoms with Crippen LogP contribution in [-0.2, 0) is 14.3 Å². The zero-order valence-electron chi connectivity index (χ0n) is 13.2. The Morgan fingerprint density at radius 2 is 1.88 bits per heavy atom. The molecule has 0 aromatic heterocycles. The number of nitro groups is 1. The first-order valence-electron chi connectivity index (χ1n) is 6.97. The Bertz CT molecular complexity index is 870. The molecule has 0 N–H and O–H groups in total. The van der Waals surface area contributed by atoms with Crippen molar-refractivity contribution in [1.29, 1.82) is 0 Å². The van der Waals surface area contributed by atoms with Crippen LogP contribution in [0.25, 0.3) is 0 Å². The third-order valence-corrected chi connectivity index (χ3v) is 3.59. The molecule has 0 unspecified atom stereocenters. The molecule has 2 aromatic carbocycles. The summed E-state index contributed by atoms with van der Waals surface area (Å²) in [6.07, 6.45) is 0. The molecule has 2 rings (SSSR count). The third kappa shape index (κ3) is 4.84. The maximum Gasteiger partial charge on any atom is 0.345 e. The minimum absolute atomic E-state index is 0.102. The molecule has 2 aromatic rings. The second-order valence-electron chi connectivity index (χ2n) is 4.77. The van der Waals surface area contributed by atoms with E-state index in [0.717, 1.165) is 19.2 Å². The highest BCUT2D eigenvalue weighted by molar-refractivity contribution is 6.35. The van der Waals surface area contributed by atoms with E-state index in [0.29, 0.717) is 5.02 Å². The van der Waals surface area contributed by atoms with Crippen molar-refractivity contribution in [3.05, 3.63) is 62.1 Å². The minimum Gasteiger partial charge on any atom is -0.466 e. The molecule has 0 fully saturated rings. The summed E-state index contributed by atoms with van der Waals surface area (Å²) < 4.78 is 14.6. The molecule has 0 radical (unpaired) electrons. The predicted molar refractivity (Wildman–Crippen MR) is 91.9 cm³/mol. The van der Waals surface area contributed by atoms with Crippen molar-refractivity contribution in [1.82, 2.24) is 0 Å². The van der Waals surface area contributed by atoms with E-state index >= 15 is 0 Å². The van der Waals surface area contributed by atoms with Crippen LogP contribution < -0.4 is 4.74 Å². The van der Waals surface area contributed by atoms with Crippen molar-refractivity contribution in [3.8, 4) is 11.5 Å². The first-order chi connectivity index (χ1) is 12.3. The fourth-order valence-corrected chi connectivity index (χ4v) is 2.29. The predicted octanol–water partition coefficient (Wildman–Crippen LogP) is 4.02. The average Bonchev–Trinajstić information content (AvgIpc) is 2.61. The normalized spacial score (nSPS) is 10.1. The first-order valence-corrected chi connectivity index (χ1v) is 7.72. The number of benzene rings is 2. The van der Waals surface area contributed by atoms with Crippen LogP contribution in [0.2, 0.25) is 10.0 Å². The molecule has 0 aliphatic rings. The van der Waals surface area contributed by atoms with Crippen LogP contribution in [-0.4, -0.2) is 30.6 Å². The van der Waals surface area contributed by atoms with Gasteiger partial charge in [0.05, 0.1) is 17.1 Å². The quantitative estimate of drug-likeness (QED) is 0.410. The maximum absolute atomic E-state index is 12.1. The smallest absolute Gasteiger partial charge is 0.345 e. The average molecular weight is 400 g/mol. The summed E-state index contributed by atoms with van der Waals surface area (Å²) in [6.45, 7) is -0.680. The molecule has 10 heteroatoms. The Kier molecular flexibility index (Phi) is 6.37. The molecule has 0 aliphatic heterocycles. The van der Waals surface area contributed by atoms with Crippen molar-refractivity contribution in [2.45, 2.75) is 0 Å². The Balaban J connectivity index is 2.31. The van der Waals surface area contributed by atoms with Crippen LogP contribution in [0.3, 0.4) is 0 Å². The molecule has 0 saturated carbocycles. The van der Waals surface area contributed by atoms with E-state index in [2.05, 4.69) is 4.74 Å². The molecule has 8 nitrogen and oxygen atoms in total. The molecule has 0 saturated heterocycles. The lowest BCUT2D eigenvalue weighted by Crippen LogP contribution is -2.16. The molecule has 0 spiro atoms. The Morgan fingerprint density at radius 1 is 1.15 bits per heavy atom. The lowest BCUT2D eigenvalue weighted by atomic mass is 10.1. The van der Waals surface area contributed by atoms with Gasteiger partial charge in [-0.15, -0.1) is 0 Å². The number of hydrogen-bond donors (Lipinski definition) is 0. The SMILES string of the molecule is COC(=O)COC(=O)c1cc(Oc2ccc(Cl)cc2Cl)ccc1[N+](=O)[O-]. The number of nitro benzene ring substituents is 1. The molecule has 0 amide bonds. The van der Waals surface area contributed by atoms with Crippen molar-refractivity contribution in [2.24, 2.45) is 0 Å². The van der Waals surface area contributed by atoms with Gasteiger partial charge in [0.2, 0.25) is 0 Å². The highest BCUT2D eigenvalue weighted by Crippen LogP contribution is 2.33. The van der Waals surface area contributed by atoms with Crippen LogP contribution >= 0.6 is 23.2 Å². The lowest BCUT2D eigenvalue weighted by Gasteiger charge is -2.10. The number of rotatable bonds is 6. The topological polar surface area (TPSA) is 105 Å². The summed E-state index contributed by atoms with van der Waals surface area (Å²) in [5.74, 6) is -1.54. The number of hydrogen-bond acceptors (Lipinski definition) is 7. The number of carbonyl (C=O) groups excluding carboxylic acids is 2. The number of carbonyl (C=O) groups is 2. The van der Waals surface area contributed by atoms with Gasteiger partial charge in [-0.25, -0.2) is 9.59 Å². The molecular weight excluding hydrogens is 389 g/mol. The van der Waals surface area contributed by atoms with E-state index in [1.807, 2.05) is 0 Å². The van der Waals surface area contributed by atoms with Gasteiger partial charge in [0.1, 0.15) is 17.1 Å². The summed E-state index contributed by atoms with van der Waals surface area (Å²) in [5.41, 5.74) is -0.893. The maximum atomic E-state index is 12.1. The van der Waals surface area contributed by atoms with Crippen molar-refractivity contribution in [3.63, 3.8) is 0 Å². The van der Waals surface area contributed by atoms with E-state index in [4.69, 9.17) is 32.7 Å². The number of nitrogens with zero attached hydrogens (tertiary/aromatic N) is 1. The van der Waals surface area contributed by atoms with Gasteiger partial charge < -0.3 is 14.2 Å². The van der Waals surface area contributed by atoms with E-state index in [9.17, 15) is 19.7 Å². The molecule has 0 heterocycles. The Morgan fingerprint density at radius 3 is 2.50 bits per heavy atom. The highest BCUT2D eigenvalue weighted by Gasteiger charge is 2.23. The van der Waals surface area contributed by atoms with Gasteiger partial charge >= 0.3 is 11.9 Å². The third-order valence-electron chi connectivity index (χ3n) is 3.06.